The fraction of sp³-hybridized carbons (Fsp3) is 0.250. The van der Waals surface area contributed by atoms with Crippen molar-refractivity contribution in [3.05, 3.63) is 28.2 Å². The Morgan fingerprint density at radius 2 is 2.17 bits per heavy atom. The molecule has 0 radical (unpaired) electrons. The number of hydrogen-bond acceptors (Lipinski definition) is 3. The van der Waals surface area contributed by atoms with Crippen molar-refractivity contribution >= 4 is 21.6 Å². The van der Waals surface area contributed by atoms with Gasteiger partial charge in [-0.2, -0.15) is 0 Å². The minimum Gasteiger partial charge on any atom is -0.398 e. The van der Waals surface area contributed by atoms with Gasteiger partial charge in [0.2, 0.25) is 0 Å². The van der Waals surface area contributed by atoms with Gasteiger partial charge >= 0.3 is 0 Å². The van der Waals surface area contributed by atoms with Gasteiger partial charge in [0.05, 0.1) is 12.6 Å². The van der Waals surface area contributed by atoms with Gasteiger partial charge < -0.3 is 16.6 Å². The highest BCUT2D eigenvalue weighted by Gasteiger charge is 2.07. The van der Waals surface area contributed by atoms with E-state index in [2.05, 4.69) is 15.9 Å². The Morgan fingerprint density at radius 3 is 2.75 bits per heavy atom. The number of halogens is 1. The van der Waals surface area contributed by atoms with Crippen LogP contribution in [0.1, 0.15) is 11.6 Å². The van der Waals surface area contributed by atoms with Crippen LogP contribution < -0.4 is 11.5 Å². The van der Waals surface area contributed by atoms with Crippen LogP contribution in [0.25, 0.3) is 0 Å². The quantitative estimate of drug-likeness (QED) is 0.665. The third-order valence-corrected chi connectivity index (χ3v) is 2.14. The number of aliphatic hydroxyl groups is 1. The number of hydrogen-bond donors (Lipinski definition) is 3. The highest BCUT2D eigenvalue weighted by molar-refractivity contribution is 9.10. The lowest BCUT2D eigenvalue weighted by Gasteiger charge is -2.11. The molecule has 0 heterocycles. The van der Waals surface area contributed by atoms with Crippen LogP contribution in [0.3, 0.4) is 0 Å². The van der Waals surface area contributed by atoms with Crippen molar-refractivity contribution in [3.8, 4) is 0 Å². The topological polar surface area (TPSA) is 72.3 Å². The summed E-state index contributed by atoms with van der Waals surface area (Å²) in [6.45, 7) is -0.0966. The molecule has 1 rings (SSSR count). The summed E-state index contributed by atoms with van der Waals surface area (Å²) in [5.41, 5.74) is 12.6. The summed E-state index contributed by atoms with van der Waals surface area (Å²) in [5.74, 6) is 0. The Morgan fingerprint density at radius 1 is 1.50 bits per heavy atom. The molecule has 0 saturated carbocycles. The normalized spacial score (nSPS) is 12.9. The number of rotatable bonds is 2. The van der Waals surface area contributed by atoms with Crippen molar-refractivity contribution in [1.29, 1.82) is 0 Å². The lowest BCUT2D eigenvalue weighted by Crippen LogP contribution is -2.16. The average molecular weight is 231 g/mol. The number of aliphatic hydroxyl groups excluding tert-OH is 1. The first-order chi connectivity index (χ1) is 5.65. The van der Waals surface area contributed by atoms with E-state index in [4.69, 9.17) is 16.6 Å². The average Bonchev–Trinajstić information content (AvgIpc) is 2.08. The molecule has 0 aliphatic rings. The van der Waals surface area contributed by atoms with Crippen LogP contribution in [0.5, 0.6) is 0 Å². The second-order valence-electron chi connectivity index (χ2n) is 2.56. The van der Waals surface area contributed by atoms with Crippen LogP contribution in [-0.2, 0) is 0 Å². The third-order valence-electron chi connectivity index (χ3n) is 1.65. The van der Waals surface area contributed by atoms with Crippen LogP contribution in [0, 0.1) is 0 Å². The molecule has 0 aliphatic carbocycles. The zero-order valence-electron chi connectivity index (χ0n) is 6.50. The molecule has 0 aliphatic heterocycles. The van der Waals surface area contributed by atoms with Gasteiger partial charge in [0.15, 0.2) is 0 Å². The smallest absolute Gasteiger partial charge is 0.0625 e. The van der Waals surface area contributed by atoms with E-state index in [0.717, 1.165) is 10.0 Å². The predicted octanol–water partition coefficient (Wildman–Crippen LogP) is 1.02. The monoisotopic (exact) mass is 230 g/mol. The molecule has 0 fully saturated rings. The van der Waals surface area contributed by atoms with E-state index in [0.29, 0.717) is 5.69 Å². The van der Waals surface area contributed by atoms with Crippen LogP contribution in [0.4, 0.5) is 5.69 Å². The second-order valence-corrected chi connectivity index (χ2v) is 3.48. The zero-order chi connectivity index (χ0) is 9.14. The zero-order valence-corrected chi connectivity index (χ0v) is 8.08. The van der Waals surface area contributed by atoms with E-state index in [-0.39, 0.29) is 6.61 Å². The first kappa shape index (κ1) is 9.51. The van der Waals surface area contributed by atoms with Crippen LogP contribution in [0.15, 0.2) is 22.7 Å². The molecule has 0 saturated heterocycles. The largest absolute Gasteiger partial charge is 0.398 e. The summed E-state index contributed by atoms with van der Waals surface area (Å²) in [6.07, 6.45) is 0. The summed E-state index contributed by atoms with van der Waals surface area (Å²) in [4.78, 5) is 0. The number of nitrogen functional groups attached to an aromatic ring is 1. The first-order valence-electron chi connectivity index (χ1n) is 3.56. The molecule has 1 aromatic rings. The molecule has 1 atom stereocenters. The minimum atomic E-state index is -0.400. The minimum absolute atomic E-state index is 0.0966. The molecule has 0 unspecified atom stereocenters. The highest BCUT2D eigenvalue weighted by Crippen LogP contribution is 2.22. The lowest BCUT2D eigenvalue weighted by atomic mass is 10.1. The van der Waals surface area contributed by atoms with Gasteiger partial charge in [-0.25, -0.2) is 0 Å². The maximum absolute atomic E-state index is 8.81. The highest BCUT2D eigenvalue weighted by atomic mass is 79.9. The van der Waals surface area contributed by atoms with E-state index in [9.17, 15) is 0 Å². The maximum atomic E-state index is 8.81. The number of benzene rings is 1. The summed E-state index contributed by atoms with van der Waals surface area (Å²) < 4.78 is 0.913. The Labute approximate surface area is 79.5 Å². The summed E-state index contributed by atoms with van der Waals surface area (Å²) >= 11 is 3.30. The number of nitrogens with two attached hydrogens (primary N) is 2. The maximum Gasteiger partial charge on any atom is 0.0625 e. The Bertz CT molecular complexity index is 278. The Hall–Kier alpha value is -0.580. The fourth-order valence-electron chi connectivity index (χ4n) is 0.965. The van der Waals surface area contributed by atoms with E-state index in [1.165, 1.54) is 0 Å². The van der Waals surface area contributed by atoms with Crippen molar-refractivity contribution < 1.29 is 5.11 Å². The van der Waals surface area contributed by atoms with Gasteiger partial charge in [0.25, 0.3) is 0 Å². The van der Waals surface area contributed by atoms with Crippen LogP contribution in [0.2, 0.25) is 0 Å². The van der Waals surface area contributed by atoms with E-state index in [1.54, 1.807) is 6.07 Å². The van der Waals surface area contributed by atoms with Crippen molar-refractivity contribution in [1.82, 2.24) is 0 Å². The van der Waals surface area contributed by atoms with Crippen molar-refractivity contribution in [2.45, 2.75) is 6.04 Å². The molecule has 0 aromatic heterocycles. The van der Waals surface area contributed by atoms with Crippen LogP contribution in [-0.4, -0.2) is 11.7 Å². The van der Waals surface area contributed by atoms with E-state index in [1.807, 2.05) is 12.1 Å². The third kappa shape index (κ3) is 1.97. The molecule has 3 nitrogen and oxygen atoms in total. The van der Waals surface area contributed by atoms with Gasteiger partial charge in [-0.15, -0.1) is 0 Å². The Kier molecular flexibility index (Phi) is 3.08. The molecule has 66 valence electrons. The van der Waals surface area contributed by atoms with E-state index < -0.39 is 6.04 Å². The molecule has 1 aromatic carbocycles. The molecule has 0 spiro atoms. The first-order valence-corrected chi connectivity index (χ1v) is 4.36. The summed E-state index contributed by atoms with van der Waals surface area (Å²) in [6, 6.07) is 5.01. The SMILES string of the molecule is Nc1ccc(Br)cc1[C@H](N)CO. The molecular weight excluding hydrogens is 220 g/mol. The van der Waals surface area contributed by atoms with Gasteiger partial charge in [0.1, 0.15) is 0 Å². The molecule has 4 heteroatoms. The summed E-state index contributed by atoms with van der Waals surface area (Å²) in [7, 11) is 0. The van der Waals surface area contributed by atoms with Crippen molar-refractivity contribution in [3.63, 3.8) is 0 Å². The standard InChI is InChI=1S/C8H11BrN2O/c9-5-1-2-7(10)6(3-5)8(11)4-12/h1-3,8,12H,4,10-11H2/t8-/m1/s1. The molecule has 0 amide bonds. The van der Waals surface area contributed by atoms with Gasteiger partial charge in [-0.1, -0.05) is 15.9 Å². The molecule has 0 bridgehead atoms. The van der Waals surface area contributed by atoms with Crippen molar-refractivity contribution in [2.75, 3.05) is 12.3 Å². The van der Waals surface area contributed by atoms with E-state index >= 15 is 0 Å². The fourth-order valence-corrected chi connectivity index (χ4v) is 1.34. The molecule has 5 N–H and O–H groups in total. The lowest BCUT2D eigenvalue weighted by molar-refractivity contribution is 0.268. The number of anilines is 1. The van der Waals surface area contributed by atoms with Crippen LogP contribution >= 0.6 is 15.9 Å². The van der Waals surface area contributed by atoms with Gasteiger partial charge in [0, 0.05) is 10.2 Å². The van der Waals surface area contributed by atoms with Gasteiger partial charge in [-0.05, 0) is 23.8 Å². The Balaban J connectivity index is 3.04. The molecular formula is C8H11BrN2O. The molecule has 12 heavy (non-hydrogen) atoms. The van der Waals surface area contributed by atoms with Crippen molar-refractivity contribution in [2.24, 2.45) is 5.73 Å². The summed E-state index contributed by atoms with van der Waals surface area (Å²) in [5, 5.41) is 8.81. The second kappa shape index (κ2) is 3.89. The predicted molar refractivity (Wildman–Crippen MR) is 52.6 cm³/mol. The van der Waals surface area contributed by atoms with Gasteiger partial charge in [-0.3, -0.25) is 0 Å².